The van der Waals surface area contributed by atoms with Crippen LogP contribution in [0.25, 0.3) is 0 Å². The summed E-state index contributed by atoms with van der Waals surface area (Å²) in [5, 5.41) is 0. The van der Waals surface area contributed by atoms with Gasteiger partial charge < -0.3 is 14.1 Å². The Hall–Kier alpha value is -3.10. The summed E-state index contributed by atoms with van der Waals surface area (Å²) in [6, 6.07) is 18.6. The molecule has 0 fully saturated rings. The second-order valence-corrected chi connectivity index (χ2v) is 8.69. The maximum atomic E-state index is 13.3. The highest BCUT2D eigenvalue weighted by Crippen LogP contribution is 2.24. The number of rotatable bonds is 10. The lowest BCUT2D eigenvalue weighted by atomic mass is 10.2. The molecule has 8 heteroatoms. The van der Waals surface area contributed by atoms with Gasteiger partial charge in [0.15, 0.2) is 0 Å². The summed E-state index contributed by atoms with van der Waals surface area (Å²) in [6.45, 7) is 3.00. The van der Waals surface area contributed by atoms with Crippen molar-refractivity contribution in [3.8, 4) is 0 Å². The van der Waals surface area contributed by atoms with Gasteiger partial charge in [0.05, 0.1) is 30.0 Å². The van der Waals surface area contributed by atoms with E-state index >= 15 is 0 Å². The predicted octanol–water partition coefficient (Wildman–Crippen LogP) is 3.78. The topological polar surface area (TPSA) is 80.1 Å². The van der Waals surface area contributed by atoms with Crippen molar-refractivity contribution in [2.75, 3.05) is 31.1 Å². The number of nitrogens with zero attached hydrogens (tertiary/aromatic N) is 2. The van der Waals surface area contributed by atoms with E-state index in [9.17, 15) is 13.2 Å². The average Bonchev–Trinajstić information content (AvgIpc) is 3.30. The van der Waals surface area contributed by atoms with Gasteiger partial charge in [0, 0.05) is 25.8 Å². The van der Waals surface area contributed by atoms with E-state index in [1.165, 1.54) is 16.4 Å². The van der Waals surface area contributed by atoms with E-state index in [2.05, 4.69) is 0 Å². The summed E-state index contributed by atoms with van der Waals surface area (Å²) in [6.07, 6.45) is 1.55. The fourth-order valence-electron chi connectivity index (χ4n) is 3.23. The van der Waals surface area contributed by atoms with Gasteiger partial charge in [0.2, 0.25) is 0 Å². The maximum absolute atomic E-state index is 13.3. The molecule has 0 aliphatic carbocycles. The Morgan fingerprint density at radius 2 is 1.81 bits per heavy atom. The number of methoxy groups -OCH3 is 1. The normalized spacial score (nSPS) is 11.3. The van der Waals surface area contributed by atoms with Gasteiger partial charge in [-0.2, -0.15) is 0 Å². The molecule has 0 saturated heterocycles. The Kier molecular flexibility index (Phi) is 7.49. The van der Waals surface area contributed by atoms with E-state index in [4.69, 9.17) is 9.15 Å². The molecule has 0 saturated carbocycles. The van der Waals surface area contributed by atoms with Crippen LogP contribution < -0.4 is 4.31 Å². The van der Waals surface area contributed by atoms with Gasteiger partial charge in [-0.1, -0.05) is 24.3 Å². The number of sulfonamides is 1. The van der Waals surface area contributed by atoms with E-state index in [1.54, 1.807) is 73.7 Å². The Bertz CT molecular complexity index is 1080. The number of benzene rings is 2. The molecule has 31 heavy (non-hydrogen) atoms. The number of carbonyl (C=O) groups excluding carboxylic acids is 1. The second-order valence-electron chi connectivity index (χ2n) is 6.83. The molecule has 3 rings (SSSR count). The van der Waals surface area contributed by atoms with Crippen molar-refractivity contribution in [1.82, 2.24) is 4.90 Å². The smallest absolute Gasteiger partial charge is 0.264 e. The lowest BCUT2D eigenvalue weighted by molar-refractivity contribution is 0.0666. The highest BCUT2D eigenvalue weighted by Gasteiger charge is 2.25. The van der Waals surface area contributed by atoms with Crippen molar-refractivity contribution < 1.29 is 22.4 Å². The zero-order valence-corrected chi connectivity index (χ0v) is 18.4. The van der Waals surface area contributed by atoms with Gasteiger partial charge in [-0.25, -0.2) is 8.42 Å². The molecule has 0 aliphatic heterocycles. The average molecular weight is 443 g/mol. The maximum Gasteiger partial charge on any atom is 0.264 e. The van der Waals surface area contributed by atoms with Crippen molar-refractivity contribution >= 4 is 21.6 Å². The van der Waals surface area contributed by atoms with Crippen LogP contribution in [0.2, 0.25) is 0 Å². The first-order valence-corrected chi connectivity index (χ1v) is 11.4. The SMILES string of the molecule is CCN(c1ccccc1)S(=O)(=O)c1cccc(C(=O)N(CCOC)Cc2ccco2)c1. The van der Waals surface area contributed by atoms with Gasteiger partial charge in [-0.3, -0.25) is 9.10 Å². The van der Waals surface area contributed by atoms with E-state index < -0.39 is 10.0 Å². The third kappa shape index (κ3) is 5.34. The van der Waals surface area contributed by atoms with Crippen molar-refractivity contribution in [2.24, 2.45) is 0 Å². The lowest BCUT2D eigenvalue weighted by Crippen LogP contribution is -2.34. The molecule has 1 aromatic heterocycles. The molecule has 0 spiro atoms. The van der Waals surface area contributed by atoms with E-state index in [1.807, 2.05) is 6.07 Å². The first-order valence-electron chi connectivity index (χ1n) is 9.95. The van der Waals surface area contributed by atoms with Gasteiger partial charge >= 0.3 is 0 Å². The minimum atomic E-state index is -3.83. The number of carbonyl (C=O) groups is 1. The van der Waals surface area contributed by atoms with Crippen molar-refractivity contribution in [2.45, 2.75) is 18.4 Å². The van der Waals surface area contributed by atoms with Gasteiger partial charge in [0.25, 0.3) is 15.9 Å². The Morgan fingerprint density at radius 1 is 1.03 bits per heavy atom. The standard InChI is InChI=1S/C23H26N2O5S/c1-3-25(20-10-5-4-6-11-20)31(27,28)22-13-7-9-19(17-22)23(26)24(14-16-29-2)18-21-12-8-15-30-21/h4-13,15,17H,3,14,16,18H2,1-2H3. The summed E-state index contributed by atoms with van der Waals surface area (Å²) in [4.78, 5) is 14.8. The minimum Gasteiger partial charge on any atom is -0.467 e. The zero-order valence-electron chi connectivity index (χ0n) is 17.6. The Morgan fingerprint density at radius 3 is 2.45 bits per heavy atom. The van der Waals surface area contributed by atoms with Gasteiger partial charge in [-0.15, -0.1) is 0 Å². The highest BCUT2D eigenvalue weighted by atomic mass is 32.2. The number of ether oxygens (including phenoxy) is 1. The monoisotopic (exact) mass is 442 g/mol. The van der Waals surface area contributed by atoms with Crippen LogP contribution in [0.1, 0.15) is 23.0 Å². The summed E-state index contributed by atoms with van der Waals surface area (Å²) < 4.78 is 38.4. The summed E-state index contributed by atoms with van der Waals surface area (Å²) in [5.41, 5.74) is 0.856. The molecule has 3 aromatic rings. The van der Waals surface area contributed by atoms with Crippen LogP contribution in [0, 0.1) is 0 Å². The van der Waals surface area contributed by atoms with E-state index in [0.29, 0.717) is 24.6 Å². The van der Waals surface area contributed by atoms with E-state index in [-0.39, 0.29) is 29.5 Å². The molecule has 0 unspecified atom stereocenters. The van der Waals surface area contributed by atoms with Crippen LogP contribution in [-0.4, -0.2) is 46.0 Å². The molecular weight excluding hydrogens is 416 g/mol. The zero-order chi connectivity index (χ0) is 22.3. The number of hydrogen-bond acceptors (Lipinski definition) is 5. The predicted molar refractivity (Wildman–Crippen MR) is 118 cm³/mol. The van der Waals surface area contributed by atoms with Crippen molar-refractivity contribution in [3.05, 3.63) is 84.3 Å². The number of amides is 1. The molecule has 7 nitrogen and oxygen atoms in total. The minimum absolute atomic E-state index is 0.0637. The number of furan rings is 1. The van der Waals surface area contributed by atoms with Crippen LogP contribution in [0.4, 0.5) is 5.69 Å². The third-order valence-corrected chi connectivity index (χ3v) is 6.68. The second kappa shape index (κ2) is 10.3. The summed E-state index contributed by atoms with van der Waals surface area (Å²) in [7, 11) is -2.27. The van der Waals surface area contributed by atoms with Crippen molar-refractivity contribution in [3.63, 3.8) is 0 Å². The number of hydrogen-bond donors (Lipinski definition) is 0. The molecule has 1 heterocycles. The first kappa shape index (κ1) is 22.6. The molecule has 0 bridgehead atoms. The van der Waals surface area contributed by atoms with Crippen LogP contribution in [-0.2, 0) is 21.3 Å². The van der Waals surface area contributed by atoms with Crippen LogP contribution in [0.5, 0.6) is 0 Å². The molecule has 1 amide bonds. The first-order chi connectivity index (χ1) is 15.0. The molecule has 164 valence electrons. The van der Waals surface area contributed by atoms with Crippen LogP contribution >= 0.6 is 0 Å². The molecule has 0 atom stereocenters. The fourth-order valence-corrected chi connectivity index (χ4v) is 4.75. The largest absolute Gasteiger partial charge is 0.467 e. The molecule has 0 aliphatic rings. The molecule has 0 N–H and O–H groups in total. The molecular formula is C23H26N2O5S. The summed E-state index contributed by atoms with van der Waals surface area (Å²) in [5.74, 6) is 0.336. The quantitative estimate of drug-likeness (QED) is 0.477. The summed E-state index contributed by atoms with van der Waals surface area (Å²) >= 11 is 0. The lowest BCUT2D eigenvalue weighted by Gasteiger charge is -2.24. The number of anilines is 1. The number of para-hydroxylation sites is 1. The van der Waals surface area contributed by atoms with Gasteiger partial charge in [0.1, 0.15) is 5.76 Å². The van der Waals surface area contributed by atoms with E-state index in [0.717, 1.165) is 0 Å². The molecule has 2 aromatic carbocycles. The van der Waals surface area contributed by atoms with Gasteiger partial charge in [-0.05, 0) is 49.4 Å². The Balaban J connectivity index is 1.90. The third-order valence-electron chi connectivity index (χ3n) is 4.78. The Labute approximate surface area is 182 Å². The highest BCUT2D eigenvalue weighted by molar-refractivity contribution is 7.92. The fraction of sp³-hybridized carbons (Fsp3) is 0.261. The van der Waals surface area contributed by atoms with Crippen molar-refractivity contribution in [1.29, 1.82) is 0 Å². The molecule has 0 radical (unpaired) electrons. The van der Waals surface area contributed by atoms with Crippen LogP contribution in [0.3, 0.4) is 0 Å². The van der Waals surface area contributed by atoms with Crippen LogP contribution in [0.15, 0.2) is 82.3 Å².